The van der Waals surface area contributed by atoms with E-state index in [-0.39, 0.29) is 11.7 Å². The number of hydrogen-bond acceptors (Lipinski definition) is 4. The molecule has 0 saturated carbocycles. The molecule has 0 atom stereocenters. The van der Waals surface area contributed by atoms with Gasteiger partial charge in [0, 0.05) is 29.4 Å². The molecule has 1 aromatic heterocycles. The van der Waals surface area contributed by atoms with Crippen LogP contribution in [0.4, 0.5) is 0 Å². The maximum atomic E-state index is 12.6. The third-order valence-electron chi connectivity index (χ3n) is 4.61. The molecule has 3 aromatic rings. The van der Waals surface area contributed by atoms with E-state index >= 15 is 0 Å². The summed E-state index contributed by atoms with van der Waals surface area (Å²) in [5.74, 6) is 0.557. The molecule has 150 valence electrons. The first-order chi connectivity index (χ1) is 13.8. The van der Waals surface area contributed by atoms with Crippen LogP contribution in [0.25, 0.3) is 11.1 Å². The maximum absolute atomic E-state index is 12.6. The Morgan fingerprint density at radius 3 is 2.55 bits per heavy atom. The quantitative estimate of drug-likeness (QED) is 0.481. The number of aryl methyl sites for hydroxylation is 3. The molecule has 0 radical (unpaired) electrons. The van der Waals surface area contributed by atoms with Crippen molar-refractivity contribution >= 4 is 23.7 Å². The number of hydrazone groups is 1. The van der Waals surface area contributed by atoms with Crippen molar-refractivity contribution in [2.24, 2.45) is 12.1 Å². The number of carbonyl (C=O) groups excluding carboxylic acids is 1. The van der Waals surface area contributed by atoms with Gasteiger partial charge in [0.2, 0.25) is 0 Å². The molecule has 0 fully saturated rings. The van der Waals surface area contributed by atoms with E-state index in [1.165, 1.54) is 0 Å². The van der Waals surface area contributed by atoms with Crippen LogP contribution in [0.15, 0.2) is 47.7 Å². The van der Waals surface area contributed by atoms with Crippen molar-refractivity contribution in [2.45, 2.75) is 13.8 Å². The van der Waals surface area contributed by atoms with Crippen LogP contribution in [0, 0.1) is 13.8 Å². The molecular weight excluding hydrogens is 390 g/mol. The van der Waals surface area contributed by atoms with Gasteiger partial charge in [0.05, 0.1) is 13.3 Å². The minimum absolute atomic E-state index is 0.264. The zero-order valence-electron chi connectivity index (χ0n) is 16.7. The van der Waals surface area contributed by atoms with Crippen LogP contribution in [0.2, 0.25) is 5.02 Å². The Bertz CT molecular complexity index is 1080. The number of phenolic OH excluding ortho intramolecular Hbond substituents is 1. The highest BCUT2D eigenvalue weighted by molar-refractivity contribution is 6.30. The summed E-state index contributed by atoms with van der Waals surface area (Å²) < 4.78 is 7.12. The largest absolute Gasteiger partial charge is 0.507 e. The van der Waals surface area contributed by atoms with Crippen molar-refractivity contribution in [3.05, 3.63) is 70.0 Å². The van der Waals surface area contributed by atoms with Gasteiger partial charge in [-0.1, -0.05) is 11.6 Å². The van der Waals surface area contributed by atoms with Gasteiger partial charge < -0.3 is 14.4 Å². The molecule has 29 heavy (non-hydrogen) atoms. The third kappa shape index (κ3) is 4.43. The molecule has 0 spiro atoms. The van der Waals surface area contributed by atoms with Crippen molar-refractivity contribution in [1.82, 2.24) is 9.99 Å². The molecular formula is C22H22ClN3O3. The van der Waals surface area contributed by atoms with Crippen LogP contribution in [-0.4, -0.2) is 28.9 Å². The number of nitrogens with one attached hydrogen (secondary N) is 1. The number of benzene rings is 2. The smallest absolute Gasteiger partial charge is 0.287 e. The molecule has 0 unspecified atom stereocenters. The Kier molecular flexibility index (Phi) is 5.94. The molecule has 0 saturated heterocycles. The van der Waals surface area contributed by atoms with E-state index in [4.69, 9.17) is 16.3 Å². The van der Waals surface area contributed by atoms with Gasteiger partial charge in [0.15, 0.2) is 0 Å². The molecule has 6 nitrogen and oxygen atoms in total. The molecule has 7 heteroatoms. The van der Waals surface area contributed by atoms with Crippen molar-refractivity contribution < 1.29 is 14.6 Å². The third-order valence-corrected chi connectivity index (χ3v) is 4.84. The lowest BCUT2D eigenvalue weighted by Crippen LogP contribution is -2.20. The van der Waals surface area contributed by atoms with E-state index in [2.05, 4.69) is 10.5 Å². The average molecular weight is 412 g/mol. The molecule has 0 aliphatic rings. The van der Waals surface area contributed by atoms with E-state index < -0.39 is 0 Å². The number of halogens is 1. The summed E-state index contributed by atoms with van der Waals surface area (Å²) in [6.07, 6.45) is 3.39. The Balaban J connectivity index is 1.79. The monoisotopic (exact) mass is 411 g/mol. The molecule has 2 aromatic carbocycles. The van der Waals surface area contributed by atoms with Crippen LogP contribution in [0.5, 0.6) is 11.5 Å². The number of amides is 1. The molecule has 0 bridgehead atoms. The van der Waals surface area contributed by atoms with Gasteiger partial charge in [0.25, 0.3) is 5.91 Å². The van der Waals surface area contributed by atoms with Crippen LogP contribution < -0.4 is 10.2 Å². The SMILES string of the molecule is COc1cc(Cl)ccc1-c1cc(C(=O)NN=Cc2cc(C)c(O)c(C)c2)n(C)c1. The van der Waals surface area contributed by atoms with E-state index in [0.717, 1.165) is 27.8 Å². The highest BCUT2D eigenvalue weighted by Gasteiger charge is 2.15. The predicted molar refractivity (Wildman–Crippen MR) is 115 cm³/mol. The van der Waals surface area contributed by atoms with E-state index in [0.29, 0.717) is 16.5 Å². The summed E-state index contributed by atoms with van der Waals surface area (Å²) in [5, 5.41) is 14.5. The number of carbonyl (C=O) groups is 1. The summed E-state index contributed by atoms with van der Waals surface area (Å²) in [7, 11) is 3.37. The number of methoxy groups -OCH3 is 1. The van der Waals surface area contributed by atoms with E-state index in [1.807, 2.05) is 26.1 Å². The Labute approximate surface area is 174 Å². The van der Waals surface area contributed by atoms with Gasteiger partial charge in [-0.3, -0.25) is 4.79 Å². The second-order valence-electron chi connectivity index (χ2n) is 6.77. The predicted octanol–water partition coefficient (Wildman–Crippen LogP) is 4.44. The zero-order valence-corrected chi connectivity index (χ0v) is 17.4. The standard InChI is InChI=1S/C22H22ClN3O3/c1-13-7-15(8-14(2)21(13)27)11-24-25-22(28)19-9-16(12-26(19)3)18-6-5-17(23)10-20(18)29-4/h5-12,27H,1-4H3,(H,25,28). The molecule has 1 amide bonds. The summed E-state index contributed by atoms with van der Waals surface area (Å²) >= 11 is 6.03. The molecule has 2 N–H and O–H groups in total. The molecule has 0 aliphatic heterocycles. The summed E-state index contributed by atoms with van der Waals surface area (Å²) in [6.45, 7) is 3.63. The first-order valence-electron chi connectivity index (χ1n) is 8.94. The Hall–Kier alpha value is -3.25. The van der Waals surface area contributed by atoms with Gasteiger partial charge in [-0.15, -0.1) is 0 Å². The van der Waals surface area contributed by atoms with Crippen molar-refractivity contribution in [3.8, 4) is 22.6 Å². The zero-order chi connectivity index (χ0) is 21.1. The van der Waals surface area contributed by atoms with Crippen LogP contribution in [0.3, 0.4) is 0 Å². The molecule has 0 aliphatic carbocycles. The minimum atomic E-state index is -0.338. The van der Waals surface area contributed by atoms with Crippen molar-refractivity contribution in [3.63, 3.8) is 0 Å². The van der Waals surface area contributed by atoms with Gasteiger partial charge in [-0.2, -0.15) is 5.10 Å². The summed E-state index contributed by atoms with van der Waals surface area (Å²) in [5.41, 5.74) is 6.95. The minimum Gasteiger partial charge on any atom is -0.507 e. The van der Waals surface area contributed by atoms with Gasteiger partial charge in [0.1, 0.15) is 17.2 Å². The lowest BCUT2D eigenvalue weighted by Gasteiger charge is -2.06. The van der Waals surface area contributed by atoms with Crippen LogP contribution >= 0.6 is 11.6 Å². The number of aromatic hydroxyl groups is 1. The number of rotatable bonds is 5. The van der Waals surface area contributed by atoms with E-state index in [1.54, 1.807) is 55.3 Å². The van der Waals surface area contributed by atoms with E-state index in [9.17, 15) is 9.90 Å². The lowest BCUT2D eigenvalue weighted by atomic mass is 10.1. The topological polar surface area (TPSA) is 75.8 Å². The van der Waals surface area contributed by atoms with Crippen LogP contribution in [0.1, 0.15) is 27.2 Å². The second kappa shape index (κ2) is 8.41. The number of ether oxygens (including phenoxy) is 1. The fraction of sp³-hybridized carbons (Fsp3) is 0.182. The Morgan fingerprint density at radius 1 is 1.21 bits per heavy atom. The second-order valence-corrected chi connectivity index (χ2v) is 7.21. The lowest BCUT2D eigenvalue weighted by molar-refractivity contribution is 0.0947. The fourth-order valence-corrected chi connectivity index (χ4v) is 3.29. The number of phenols is 1. The van der Waals surface area contributed by atoms with Gasteiger partial charge in [-0.25, -0.2) is 5.43 Å². The molecule has 1 heterocycles. The maximum Gasteiger partial charge on any atom is 0.287 e. The average Bonchev–Trinajstić information content (AvgIpc) is 3.07. The highest BCUT2D eigenvalue weighted by Crippen LogP contribution is 2.33. The normalized spacial score (nSPS) is 11.1. The van der Waals surface area contributed by atoms with Gasteiger partial charge >= 0.3 is 0 Å². The first-order valence-corrected chi connectivity index (χ1v) is 9.32. The molecule has 3 rings (SSSR count). The highest BCUT2D eigenvalue weighted by atomic mass is 35.5. The Morgan fingerprint density at radius 2 is 1.90 bits per heavy atom. The van der Waals surface area contributed by atoms with Gasteiger partial charge in [-0.05, 0) is 66.9 Å². The summed E-state index contributed by atoms with van der Waals surface area (Å²) in [4.78, 5) is 12.6. The van der Waals surface area contributed by atoms with Crippen molar-refractivity contribution in [1.29, 1.82) is 0 Å². The van der Waals surface area contributed by atoms with Crippen molar-refractivity contribution in [2.75, 3.05) is 7.11 Å². The fourth-order valence-electron chi connectivity index (χ4n) is 3.13. The number of hydrogen-bond donors (Lipinski definition) is 2. The first kappa shape index (κ1) is 20.5. The number of aromatic nitrogens is 1. The number of nitrogens with zero attached hydrogens (tertiary/aromatic N) is 2. The summed E-state index contributed by atoms with van der Waals surface area (Å²) in [6, 6.07) is 10.7. The van der Waals surface area contributed by atoms with Crippen LogP contribution in [-0.2, 0) is 7.05 Å².